The second kappa shape index (κ2) is 7.53. The minimum atomic E-state index is -0.104. The number of carbonyl (C=O) groups is 1. The predicted octanol–water partition coefficient (Wildman–Crippen LogP) is 4.05. The van der Waals surface area contributed by atoms with Crippen molar-refractivity contribution in [3.8, 4) is 0 Å². The largest absolute Gasteiger partial charge is 0.293 e. The van der Waals surface area contributed by atoms with Crippen LogP contribution in [0.5, 0.6) is 0 Å². The second-order valence-corrected chi connectivity index (χ2v) is 7.61. The maximum absolute atomic E-state index is 12.8. The number of thioether (sulfide) groups is 1. The van der Waals surface area contributed by atoms with Gasteiger partial charge in [0.05, 0.1) is 16.7 Å². The van der Waals surface area contributed by atoms with Gasteiger partial charge in [-0.2, -0.15) is 0 Å². The van der Waals surface area contributed by atoms with Gasteiger partial charge in [0.2, 0.25) is 0 Å². The van der Waals surface area contributed by atoms with Gasteiger partial charge in [-0.25, -0.2) is 4.98 Å². The standard InChI is InChI=1S/C22H20N2O2S/c1-2-12-24-21(26)18-8-3-4-9-19(18)23-22(24)27-14-20(25)17-11-10-15-6-5-7-16(15)13-17/h2-4,8-11,13H,1,5-7,12,14H2. The van der Waals surface area contributed by atoms with Crippen LogP contribution < -0.4 is 5.56 Å². The highest BCUT2D eigenvalue weighted by atomic mass is 32.2. The average molecular weight is 376 g/mol. The van der Waals surface area contributed by atoms with Crippen LogP contribution in [0.4, 0.5) is 0 Å². The van der Waals surface area contributed by atoms with Crippen LogP contribution in [0.3, 0.4) is 0 Å². The molecule has 0 spiro atoms. The van der Waals surface area contributed by atoms with Crippen molar-refractivity contribution in [2.75, 3.05) is 5.75 Å². The number of Topliss-reactive ketones (excluding diaryl/α,β-unsaturated/α-hetero) is 1. The van der Waals surface area contributed by atoms with Gasteiger partial charge in [-0.15, -0.1) is 6.58 Å². The van der Waals surface area contributed by atoms with Crippen molar-refractivity contribution in [2.45, 2.75) is 31.0 Å². The van der Waals surface area contributed by atoms with Gasteiger partial charge in [-0.1, -0.05) is 42.1 Å². The quantitative estimate of drug-likeness (QED) is 0.282. The first-order valence-electron chi connectivity index (χ1n) is 9.05. The Morgan fingerprint density at radius 3 is 2.85 bits per heavy atom. The van der Waals surface area contributed by atoms with Crippen LogP contribution in [0.25, 0.3) is 10.9 Å². The first-order valence-corrected chi connectivity index (χ1v) is 10.0. The Morgan fingerprint density at radius 2 is 2.00 bits per heavy atom. The van der Waals surface area contributed by atoms with E-state index >= 15 is 0 Å². The summed E-state index contributed by atoms with van der Waals surface area (Å²) in [5.74, 6) is 0.308. The summed E-state index contributed by atoms with van der Waals surface area (Å²) in [7, 11) is 0. The van der Waals surface area contributed by atoms with Crippen LogP contribution in [0.1, 0.15) is 27.9 Å². The lowest BCUT2D eigenvalue weighted by atomic mass is 10.0. The summed E-state index contributed by atoms with van der Waals surface area (Å²) in [6.07, 6.45) is 4.99. The number of ketones is 1. The van der Waals surface area contributed by atoms with E-state index < -0.39 is 0 Å². The number of benzene rings is 2. The monoisotopic (exact) mass is 376 g/mol. The lowest BCUT2D eigenvalue weighted by Gasteiger charge is -2.11. The zero-order valence-corrected chi connectivity index (χ0v) is 15.8. The van der Waals surface area contributed by atoms with Crippen LogP contribution in [-0.4, -0.2) is 21.1 Å². The summed E-state index contributed by atoms with van der Waals surface area (Å²) in [5.41, 5.74) is 3.93. The molecule has 0 saturated carbocycles. The van der Waals surface area contributed by atoms with Gasteiger partial charge in [0.25, 0.3) is 5.56 Å². The maximum Gasteiger partial charge on any atom is 0.262 e. The van der Waals surface area contributed by atoms with E-state index in [1.807, 2.05) is 30.3 Å². The molecule has 1 aliphatic carbocycles. The number of para-hydroxylation sites is 1. The number of rotatable bonds is 6. The van der Waals surface area contributed by atoms with E-state index in [0.29, 0.717) is 22.6 Å². The molecule has 0 radical (unpaired) electrons. The highest BCUT2D eigenvalue weighted by Crippen LogP contribution is 2.24. The van der Waals surface area contributed by atoms with Crippen molar-refractivity contribution in [3.63, 3.8) is 0 Å². The van der Waals surface area contributed by atoms with E-state index in [1.54, 1.807) is 16.7 Å². The van der Waals surface area contributed by atoms with Gasteiger partial charge in [-0.3, -0.25) is 14.2 Å². The van der Waals surface area contributed by atoms with Crippen LogP contribution in [0.15, 0.2) is 65.1 Å². The molecule has 1 aliphatic rings. The number of carbonyl (C=O) groups excluding carboxylic acids is 1. The van der Waals surface area contributed by atoms with Crippen molar-refractivity contribution in [3.05, 3.63) is 82.2 Å². The summed E-state index contributed by atoms with van der Waals surface area (Å²) in [5, 5.41) is 1.13. The first-order chi connectivity index (χ1) is 13.2. The minimum Gasteiger partial charge on any atom is -0.293 e. The molecule has 4 nitrogen and oxygen atoms in total. The number of hydrogen-bond donors (Lipinski definition) is 0. The van der Waals surface area contributed by atoms with E-state index in [9.17, 15) is 9.59 Å². The molecule has 1 heterocycles. The fraction of sp³-hybridized carbons (Fsp3) is 0.227. The molecule has 27 heavy (non-hydrogen) atoms. The van der Waals surface area contributed by atoms with Gasteiger partial charge < -0.3 is 0 Å². The normalized spacial score (nSPS) is 12.9. The molecule has 0 N–H and O–H groups in total. The fourth-order valence-electron chi connectivity index (χ4n) is 3.51. The predicted molar refractivity (Wildman–Crippen MR) is 110 cm³/mol. The lowest BCUT2D eigenvalue weighted by molar-refractivity contribution is 0.102. The zero-order chi connectivity index (χ0) is 18.8. The minimum absolute atomic E-state index is 0.0576. The van der Waals surface area contributed by atoms with Crippen molar-refractivity contribution in [2.24, 2.45) is 0 Å². The van der Waals surface area contributed by atoms with E-state index in [0.717, 1.165) is 24.8 Å². The molecule has 0 unspecified atom stereocenters. The van der Waals surface area contributed by atoms with Crippen molar-refractivity contribution in [1.82, 2.24) is 9.55 Å². The molecule has 1 aromatic heterocycles. The smallest absolute Gasteiger partial charge is 0.262 e. The molecule has 4 rings (SSSR count). The van der Waals surface area contributed by atoms with Gasteiger partial charge in [-0.05, 0) is 48.6 Å². The molecule has 2 aromatic carbocycles. The van der Waals surface area contributed by atoms with E-state index in [1.165, 1.54) is 22.9 Å². The highest BCUT2D eigenvalue weighted by Gasteiger charge is 2.16. The number of hydrogen-bond acceptors (Lipinski definition) is 4. The first kappa shape index (κ1) is 17.7. The fourth-order valence-corrected chi connectivity index (χ4v) is 4.41. The zero-order valence-electron chi connectivity index (χ0n) is 15.0. The van der Waals surface area contributed by atoms with Gasteiger partial charge in [0.1, 0.15) is 0 Å². The van der Waals surface area contributed by atoms with Gasteiger partial charge >= 0.3 is 0 Å². The number of aromatic nitrogens is 2. The summed E-state index contributed by atoms with van der Waals surface area (Å²) in [4.78, 5) is 30.0. The van der Waals surface area contributed by atoms with E-state index in [-0.39, 0.29) is 17.1 Å². The summed E-state index contributed by atoms with van der Waals surface area (Å²) >= 11 is 1.31. The van der Waals surface area contributed by atoms with Crippen molar-refractivity contribution < 1.29 is 4.79 Å². The average Bonchev–Trinajstić information content (AvgIpc) is 3.16. The number of allylic oxidation sites excluding steroid dienone is 1. The third-order valence-electron chi connectivity index (χ3n) is 4.89. The molecule has 0 amide bonds. The molecule has 136 valence electrons. The molecule has 0 atom stereocenters. The molecular weight excluding hydrogens is 356 g/mol. The van der Waals surface area contributed by atoms with E-state index in [4.69, 9.17) is 0 Å². The maximum atomic E-state index is 12.8. The number of fused-ring (bicyclic) bond motifs is 2. The molecule has 0 aliphatic heterocycles. The third-order valence-corrected chi connectivity index (χ3v) is 5.87. The SMILES string of the molecule is C=CCn1c(SCC(=O)c2ccc3c(c2)CCC3)nc2ccccc2c1=O. The number of aryl methyl sites for hydroxylation is 2. The summed E-state index contributed by atoms with van der Waals surface area (Å²) in [6, 6.07) is 13.3. The van der Waals surface area contributed by atoms with Crippen LogP contribution in [0.2, 0.25) is 0 Å². The second-order valence-electron chi connectivity index (χ2n) is 6.66. The highest BCUT2D eigenvalue weighted by molar-refractivity contribution is 7.99. The molecule has 0 bridgehead atoms. The van der Waals surface area contributed by atoms with Crippen LogP contribution in [-0.2, 0) is 19.4 Å². The van der Waals surface area contributed by atoms with Gasteiger partial charge in [0.15, 0.2) is 10.9 Å². The van der Waals surface area contributed by atoms with Crippen LogP contribution >= 0.6 is 11.8 Å². The van der Waals surface area contributed by atoms with Crippen molar-refractivity contribution in [1.29, 1.82) is 0 Å². The Kier molecular flexibility index (Phi) is 4.94. The molecular formula is C22H20N2O2S. The van der Waals surface area contributed by atoms with Gasteiger partial charge in [0, 0.05) is 12.1 Å². The number of nitrogens with zero attached hydrogens (tertiary/aromatic N) is 2. The van der Waals surface area contributed by atoms with Crippen LogP contribution in [0, 0.1) is 0 Å². The molecule has 3 aromatic rings. The van der Waals surface area contributed by atoms with E-state index in [2.05, 4.69) is 17.6 Å². The summed E-state index contributed by atoms with van der Waals surface area (Å²) in [6.45, 7) is 4.10. The lowest BCUT2D eigenvalue weighted by Crippen LogP contribution is -2.23. The Balaban J connectivity index is 1.61. The Bertz CT molecular complexity index is 1100. The Labute approximate surface area is 161 Å². The molecule has 5 heteroatoms. The Hall–Kier alpha value is -2.66. The Morgan fingerprint density at radius 1 is 1.19 bits per heavy atom. The van der Waals surface area contributed by atoms with Crippen molar-refractivity contribution >= 4 is 28.4 Å². The summed E-state index contributed by atoms with van der Waals surface area (Å²) < 4.78 is 1.58. The topological polar surface area (TPSA) is 52.0 Å². The molecule has 0 fully saturated rings. The third kappa shape index (κ3) is 3.47. The molecule has 0 saturated heterocycles.